The van der Waals surface area contributed by atoms with Crippen molar-refractivity contribution >= 4 is 5.97 Å². The van der Waals surface area contributed by atoms with Crippen molar-refractivity contribution in [3.63, 3.8) is 0 Å². The number of hydrogen-bond acceptors (Lipinski definition) is 4. The van der Waals surface area contributed by atoms with Crippen LogP contribution in [0.5, 0.6) is 17.2 Å². The first-order chi connectivity index (χ1) is 12.6. The van der Waals surface area contributed by atoms with E-state index in [9.17, 15) is 4.79 Å². The lowest BCUT2D eigenvalue weighted by Gasteiger charge is -2.08. The molecule has 0 fully saturated rings. The largest absolute Gasteiger partial charge is 0.497 e. The molecular formula is C22H20O4. The molecule has 0 saturated heterocycles. The van der Waals surface area contributed by atoms with E-state index in [1.165, 1.54) is 5.56 Å². The Kier molecular flexibility index (Phi) is 5.54. The molecule has 3 aromatic carbocycles. The molecule has 0 bridgehead atoms. The number of hydrogen-bond donors (Lipinski definition) is 0. The summed E-state index contributed by atoms with van der Waals surface area (Å²) in [7, 11) is 1.57. The summed E-state index contributed by atoms with van der Waals surface area (Å²) in [5.41, 5.74) is 2.65. The molecule has 0 radical (unpaired) electrons. The van der Waals surface area contributed by atoms with Gasteiger partial charge in [0.25, 0.3) is 0 Å². The molecule has 0 amide bonds. The van der Waals surface area contributed by atoms with Crippen LogP contribution in [0.4, 0.5) is 0 Å². The quantitative estimate of drug-likeness (QED) is 0.474. The Morgan fingerprint density at radius 3 is 2.23 bits per heavy atom. The van der Waals surface area contributed by atoms with Gasteiger partial charge in [0.05, 0.1) is 12.7 Å². The van der Waals surface area contributed by atoms with Crippen LogP contribution in [0.25, 0.3) is 0 Å². The molecule has 0 unspecified atom stereocenters. The summed E-state index contributed by atoms with van der Waals surface area (Å²) in [6.07, 6.45) is 0. The predicted octanol–water partition coefficient (Wildman–Crippen LogP) is 4.80. The molecule has 4 nitrogen and oxygen atoms in total. The highest BCUT2D eigenvalue weighted by Crippen LogP contribution is 2.20. The Morgan fingerprint density at radius 2 is 1.54 bits per heavy atom. The second-order valence-corrected chi connectivity index (χ2v) is 5.87. The van der Waals surface area contributed by atoms with E-state index >= 15 is 0 Å². The van der Waals surface area contributed by atoms with Crippen molar-refractivity contribution in [2.75, 3.05) is 7.11 Å². The number of carbonyl (C=O) groups excluding carboxylic acids is 1. The third-order valence-corrected chi connectivity index (χ3v) is 3.87. The normalized spacial score (nSPS) is 10.2. The standard InChI is InChI=1S/C22H20O4/c1-16-6-12-19(13-7-16)25-15-17-8-10-18(11-9-17)22(23)26-21-5-3-4-20(14-21)24-2/h3-14H,15H2,1-2H3. The molecule has 0 aliphatic heterocycles. The fraction of sp³-hybridized carbons (Fsp3) is 0.136. The first-order valence-electron chi connectivity index (χ1n) is 8.29. The van der Waals surface area contributed by atoms with Gasteiger partial charge in [-0.2, -0.15) is 0 Å². The molecule has 0 aliphatic carbocycles. The number of ether oxygens (including phenoxy) is 3. The maximum absolute atomic E-state index is 12.2. The minimum Gasteiger partial charge on any atom is -0.497 e. The van der Waals surface area contributed by atoms with E-state index in [1.54, 1.807) is 43.5 Å². The lowest BCUT2D eigenvalue weighted by molar-refractivity contribution is 0.0734. The van der Waals surface area contributed by atoms with Gasteiger partial charge < -0.3 is 14.2 Å². The van der Waals surface area contributed by atoms with Crippen LogP contribution in [0.1, 0.15) is 21.5 Å². The van der Waals surface area contributed by atoms with Crippen LogP contribution in [-0.2, 0) is 6.61 Å². The molecule has 26 heavy (non-hydrogen) atoms. The van der Waals surface area contributed by atoms with Crippen molar-refractivity contribution in [2.24, 2.45) is 0 Å². The Labute approximate surface area is 153 Å². The van der Waals surface area contributed by atoms with E-state index in [0.29, 0.717) is 23.7 Å². The van der Waals surface area contributed by atoms with Crippen LogP contribution >= 0.6 is 0 Å². The zero-order chi connectivity index (χ0) is 18.4. The summed E-state index contributed by atoms with van der Waals surface area (Å²) in [5.74, 6) is 1.49. The van der Waals surface area contributed by atoms with Gasteiger partial charge in [0, 0.05) is 6.07 Å². The molecule has 0 heterocycles. The highest BCUT2D eigenvalue weighted by atomic mass is 16.5. The average Bonchev–Trinajstić information content (AvgIpc) is 2.68. The fourth-order valence-electron chi connectivity index (χ4n) is 2.37. The fourth-order valence-corrected chi connectivity index (χ4v) is 2.37. The molecule has 3 rings (SSSR count). The number of methoxy groups -OCH3 is 1. The SMILES string of the molecule is COc1cccc(OC(=O)c2ccc(COc3ccc(C)cc3)cc2)c1. The average molecular weight is 348 g/mol. The number of carbonyl (C=O) groups is 1. The Morgan fingerprint density at radius 1 is 0.846 bits per heavy atom. The number of esters is 1. The van der Waals surface area contributed by atoms with Crippen molar-refractivity contribution in [1.29, 1.82) is 0 Å². The smallest absolute Gasteiger partial charge is 0.343 e. The molecule has 0 aromatic heterocycles. The maximum Gasteiger partial charge on any atom is 0.343 e. The van der Waals surface area contributed by atoms with Crippen LogP contribution < -0.4 is 14.2 Å². The van der Waals surface area contributed by atoms with Crippen molar-refractivity contribution in [1.82, 2.24) is 0 Å². The van der Waals surface area contributed by atoms with Crippen LogP contribution in [-0.4, -0.2) is 13.1 Å². The van der Waals surface area contributed by atoms with E-state index in [2.05, 4.69) is 0 Å². The molecule has 132 valence electrons. The Bertz CT molecular complexity index is 867. The summed E-state index contributed by atoms with van der Waals surface area (Å²) in [5, 5.41) is 0. The number of aryl methyl sites for hydroxylation is 1. The van der Waals surface area contributed by atoms with Gasteiger partial charge in [-0.05, 0) is 48.9 Å². The highest BCUT2D eigenvalue weighted by Gasteiger charge is 2.09. The van der Waals surface area contributed by atoms with Crippen LogP contribution in [0.15, 0.2) is 72.8 Å². The zero-order valence-electron chi connectivity index (χ0n) is 14.8. The van der Waals surface area contributed by atoms with Crippen LogP contribution in [0.3, 0.4) is 0 Å². The molecule has 0 aliphatic rings. The van der Waals surface area contributed by atoms with Crippen LogP contribution in [0.2, 0.25) is 0 Å². The van der Waals surface area contributed by atoms with Gasteiger partial charge in [0.15, 0.2) is 0 Å². The van der Waals surface area contributed by atoms with Crippen molar-refractivity contribution in [2.45, 2.75) is 13.5 Å². The first-order valence-corrected chi connectivity index (χ1v) is 8.29. The predicted molar refractivity (Wildman–Crippen MR) is 99.9 cm³/mol. The molecule has 0 saturated carbocycles. The topological polar surface area (TPSA) is 44.8 Å². The van der Waals surface area contributed by atoms with Crippen molar-refractivity contribution in [3.05, 3.63) is 89.5 Å². The third-order valence-electron chi connectivity index (χ3n) is 3.87. The molecule has 0 spiro atoms. The monoisotopic (exact) mass is 348 g/mol. The summed E-state index contributed by atoms with van der Waals surface area (Å²) >= 11 is 0. The van der Waals surface area contributed by atoms with Gasteiger partial charge in [-0.3, -0.25) is 0 Å². The molecule has 4 heteroatoms. The van der Waals surface area contributed by atoms with E-state index in [1.807, 2.05) is 43.3 Å². The lowest BCUT2D eigenvalue weighted by Crippen LogP contribution is -2.08. The van der Waals surface area contributed by atoms with Gasteiger partial charge in [-0.1, -0.05) is 35.9 Å². The summed E-state index contributed by atoms with van der Waals surface area (Å²) in [6, 6.07) is 22.0. The minimum atomic E-state index is -0.413. The van der Waals surface area contributed by atoms with Gasteiger partial charge in [-0.25, -0.2) is 4.79 Å². The molecular weight excluding hydrogens is 328 g/mol. The Hall–Kier alpha value is -3.27. The molecule has 0 N–H and O–H groups in total. The third kappa shape index (κ3) is 4.63. The second-order valence-electron chi connectivity index (χ2n) is 5.87. The van der Waals surface area contributed by atoms with E-state index in [4.69, 9.17) is 14.2 Å². The zero-order valence-corrected chi connectivity index (χ0v) is 14.8. The molecule has 3 aromatic rings. The summed E-state index contributed by atoms with van der Waals surface area (Å²) in [4.78, 5) is 12.2. The van der Waals surface area contributed by atoms with Gasteiger partial charge in [0.1, 0.15) is 23.9 Å². The van der Waals surface area contributed by atoms with E-state index in [0.717, 1.165) is 11.3 Å². The number of rotatable bonds is 6. The highest BCUT2D eigenvalue weighted by molar-refractivity contribution is 5.91. The lowest BCUT2D eigenvalue weighted by atomic mass is 10.1. The van der Waals surface area contributed by atoms with Gasteiger partial charge in [-0.15, -0.1) is 0 Å². The maximum atomic E-state index is 12.2. The van der Waals surface area contributed by atoms with Gasteiger partial charge in [0.2, 0.25) is 0 Å². The summed E-state index contributed by atoms with van der Waals surface area (Å²) in [6.45, 7) is 2.47. The van der Waals surface area contributed by atoms with E-state index < -0.39 is 5.97 Å². The first kappa shape index (κ1) is 17.5. The van der Waals surface area contributed by atoms with E-state index in [-0.39, 0.29) is 0 Å². The van der Waals surface area contributed by atoms with Crippen molar-refractivity contribution in [3.8, 4) is 17.2 Å². The minimum absolute atomic E-state index is 0.413. The summed E-state index contributed by atoms with van der Waals surface area (Å²) < 4.78 is 16.2. The molecule has 0 atom stereocenters. The second kappa shape index (κ2) is 8.21. The van der Waals surface area contributed by atoms with Crippen LogP contribution in [0, 0.1) is 6.92 Å². The van der Waals surface area contributed by atoms with Crippen molar-refractivity contribution < 1.29 is 19.0 Å². The van der Waals surface area contributed by atoms with Gasteiger partial charge >= 0.3 is 5.97 Å². The Balaban J connectivity index is 1.59. The number of benzene rings is 3.